The summed E-state index contributed by atoms with van der Waals surface area (Å²) < 4.78 is 0. The molecule has 0 unspecified atom stereocenters. The monoisotopic (exact) mass is 148 g/mol. The van der Waals surface area contributed by atoms with Crippen LogP contribution >= 0.6 is 0 Å². The first kappa shape index (κ1) is 7.63. The van der Waals surface area contributed by atoms with Crippen molar-refractivity contribution in [2.24, 2.45) is 4.99 Å². The van der Waals surface area contributed by atoms with Crippen LogP contribution in [-0.2, 0) is 11.3 Å². The minimum atomic E-state index is 0.396. The van der Waals surface area contributed by atoms with Gasteiger partial charge in [-0.15, -0.1) is 0 Å². The van der Waals surface area contributed by atoms with E-state index in [0.29, 0.717) is 6.54 Å². The van der Waals surface area contributed by atoms with Crippen molar-refractivity contribution in [3.63, 3.8) is 0 Å². The van der Waals surface area contributed by atoms with Crippen LogP contribution in [0.15, 0.2) is 23.3 Å². The first-order valence-electron chi connectivity index (χ1n) is 3.28. The highest BCUT2D eigenvalue weighted by Gasteiger charge is 1.90. The van der Waals surface area contributed by atoms with E-state index in [0.717, 1.165) is 11.3 Å². The van der Waals surface area contributed by atoms with Crippen LogP contribution < -0.4 is 0 Å². The molecule has 3 heteroatoms. The van der Waals surface area contributed by atoms with E-state index in [-0.39, 0.29) is 0 Å². The Morgan fingerprint density at radius 1 is 1.73 bits per heavy atom. The molecule has 0 spiro atoms. The van der Waals surface area contributed by atoms with E-state index in [1.807, 2.05) is 19.1 Å². The van der Waals surface area contributed by atoms with Gasteiger partial charge in [-0.2, -0.15) is 0 Å². The molecule has 56 valence electrons. The molecule has 1 aromatic rings. The number of carbonyl (C=O) groups excluding carboxylic acids is 1. The van der Waals surface area contributed by atoms with Gasteiger partial charge in [-0.25, -0.2) is 9.79 Å². The van der Waals surface area contributed by atoms with Gasteiger partial charge in [-0.1, -0.05) is 0 Å². The Morgan fingerprint density at radius 3 is 3.18 bits per heavy atom. The van der Waals surface area contributed by atoms with Crippen molar-refractivity contribution in [2.75, 3.05) is 0 Å². The fourth-order valence-corrected chi connectivity index (χ4v) is 0.826. The Bertz CT molecular complexity index is 290. The molecule has 0 radical (unpaired) electrons. The van der Waals surface area contributed by atoms with Crippen LogP contribution in [0.25, 0.3) is 0 Å². The zero-order valence-electron chi connectivity index (χ0n) is 6.24. The van der Waals surface area contributed by atoms with E-state index in [2.05, 4.69) is 9.98 Å². The predicted octanol–water partition coefficient (Wildman–Crippen LogP) is 1.23. The van der Waals surface area contributed by atoms with E-state index >= 15 is 0 Å². The molecule has 0 aliphatic carbocycles. The van der Waals surface area contributed by atoms with Gasteiger partial charge >= 0.3 is 0 Å². The lowest BCUT2D eigenvalue weighted by atomic mass is 10.2. The van der Waals surface area contributed by atoms with Gasteiger partial charge in [-0.3, -0.25) is 4.98 Å². The predicted molar refractivity (Wildman–Crippen MR) is 40.8 cm³/mol. The normalized spacial score (nSPS) is 8.82. The van der Waals surface area contributed by atoms with E-state index in [1.54, 1.807) is 6.20 Å². The number of nitrogens with zero attached hydrogens (tertiary/aromatic N) is 2. The molecule has 1 aromatic heterocycles. The molecule has 3 nitrogen and oxygen atoms in total. The molecule has 0 fully saturated rings. The third-order valence-electron chi connectivity index (χ3n) is 1.29. The highest BCUT2D eigenvalue weighted by Crippen LogP contribution is 2.01. The number of pyridine rings is 1. The summed E-state index contributed by atoms with van der Waals surface area (Å²) in [7, 11) is 0. The summed E-state index contributed by atoms with van der Waals surface area (Å²) in [5, 5.41) is 0. The second-order valence-corrected chi connectivity index (χ2v) is 2.21. The first-order chi connectivity index (χ1) is 5.33. The second kappa shape index (κ2) is 3.64. The molecule has 0 aliphatic rings. The van der Waals surface area contributed by atoms with Crippen LogP contribution in [0.2, 0.25) is 0 Å². The lowest BCUT2D eigenvalue weighted by Gasteiger charge is -1.94. The number of aryl methyl sites for hydroxylation is 1. The number of aliphatic imine (C=N–C) groups is 1. The molecule has 0 aliphatic heterocycles. The Hall–Kier alpha value is -1.47. The second-order valence-electron chi connectivity index (χ2n) is 2.21. The highest BCUT2D eigenvalue weighted by atomic mass is 16.1. The molecular formula is C8H8N2O. The van der Waals surface area contributed by atoms with Crippen molar-refractivity contribution >= 4 is 6.08 Å². The summed E-state index contributed by atoms with van der Waals surface area (Å²) in [6, 6.07) is 3.72. The quantitative estimate of drug-likeness (QED) is 0.467. The molecule has 0 amide bonds. The standard InChI is InChI=1S/C8H8N2O/c1-7-4-8(2-3-10-7)5-9-6-11/h2-4H,5H2,1H3. The van der Waals surface area contributed by atoms with E-state index < -0.39 is 0 Å². The molecular weight excluding hydrogens is 140 g/mol. The van der Waals surface area contributed by atoms with Crippen molar-refractivity contribution in [3.05, 3.63) is 29.6 Å². The van der Waals surface area contributed by atoms with E-state index in [1.165, 1.54) is 6.08 Å². The maximum Gasteiger partial charge on any atom is 0.235 e. The summed E-state index contributed by atoms with van der Waals surface area (Å²) in [6.07, 6.45) is 3.19. The van der Waals surface area contributed by atoms with Crippen molar-refractivity contribution < 1.29 is 4.79 Å². The van der Waals surface area contributed by atoms with Crippen LogP contribution in [0.3, 0.4) is 0 Å². The van der Waals surface area contributed by atoms with E-state index in [4.69, 9.17) is 0 Å². The summed E-state index contributed by atoms with van der Waals surface area (Å²) in [6.45, 7) is 2.29. The number of hydrogen-bond acceptors (Lipinski definition) is 3. The summed E-state index contributed by atoms with van der Waals surface area (Å²) in [5.74, 6) is 0. The third-order valence-corrected chi connectivity index (χ3v) is 1.29. The molecule has 0 saturated carbocycles. The van der Waals surface area contributed by atoms with Gasteiger partial charge in [0.25, 0.3) is 0 Å². The maximum atomic E-state index is 9.76. The van der Waals surface area contributed by atoms with Crippen molar-refractivity contribution in [3.8, 4) is 0 Å². The van der Waals surface area contributed by atoms with Crippen LogP contribution in [0, 0.1) is 6.92 Å². The van der Waals surface area contributed by atoms with Gasteiger partial charge in [0, 0.05) is 11.9 Å². The lowest BCUT2D eigenvalue weighted by Crippen LogP contribution is -1.84. The fourth-order valence-electron chi connectivity index (χ4n) is 0.826. The highest BCUT2D eigenvalue weighted by molar-refractivity contribution is 5.33. The minimum Gasteiger partial charge on any atom is -0.262 e. The fraction of sp³-hybridized carbons (Fsp3) is 0.250. The molecule has 1 heterocycles. The number of isocyanates is 1. The smallest absolute Gasteiger partial charge is 0.235 e. The molecule has 0 aromatic carbocycles. The number of rotatable bonds is 2. The van der Waals surface area contributed by atoms with Gasteiger partial charge in [0.1, 0.15) is 0 Å². The van der Waals surface area contributed by atoms with Crippen molar-refractivity contribution in [1.29, 1.82) is 0 Å². The molecule has 0 saturated heterocycles. The number of hydrogen-bond donors (Lipinski definition) is 0. The van der Waals surface area contributed by atoms with Gasteiger partial charge in [0.15, 0.2) is 0 Å². The average Bonchev–Trinajstić information content (AvgIpc) is 2.01. The summed E-state index contributed by atoms with van der Waals surface area (Å²) in [5.41, 5.74) is 1.92. The topological polar surface area (TPSA) is 42.3 Å². The third kappa shape index (κ3) is 2.32. The van der Waals surface area contributed by atoms with Gasteiger partial charge in [-0.05, 0) is 24.6 Å². The Labute approximate surface area is 64.8 Å². The minimum absolute atomic E-state index is 0.396. The van der Waals surface area contributed by atoms with Gasteiger partial charge in [0.2, 0.25) is 6.08 Å². The molecule has 0 bridgehead atoms. The van der Waals surface area contributed by atoms with E-state index in [9.17, 15) is 4.79 Å². The Morgan fingerprint density at radius 2 is 2.55 bits per heavy atom. The molecule has 0 atom stereocenters. The van der Waals surface area contributed by atoms with Crippen molar-refractivity contribution in [2.45, 2.75) is 13.5 Å². The molecule has 11 heavy (non-hydrogen) atoms. The SMILES string of the molecule is Cc1cc(CN=C=O)ccn1. The largest absolute Gasteiger partial charge is 0.262 e. The zero-order valence-corrected chi connectivity index (χ0v) is 6.24. The Kier molecular flexibility index (Phi) is 2.53. The molecule has 1 rings (SSSR count). The van der Waals surface area contributed by atoms with Crippen LogP contribution in [0.5, 0.6) is 0 Å². The lowest BCUT2D eigenvalue weighted by molar-refractivity contribution is 0.563. The summed E-state index contributed by atoms with van der Waals surface area (Å²) in [4.78, 5) is 17.2. The maximum absolute atomic E-state index is 9.76. The van der Waals surface area contributed by atoms with Crippen LogP contribution in [-0.4, -0.2) is 11.1 Å². The number of aromatic nitrogens is 1. The summed E-state index contributed by atoms with van der Waals surface area (Å²) >= 11 is 0. The van der Waals surface area contributed by atoms with Crippen molar-refractivity contribution in [1.82, 2.24) is 4.98 Å². The Balaban J connectivity index is 2.79. The molecule has 0 N–H and O–H groups in total. The first-order valence-corrected chi connectivity index (χ1v) is 3.28. The van der Waals surface area contributed by atoms with Crippen LogP contribution in [0.4, 0.5) is 0 Å². The average molecular weight is 148 g/mol. The van der Waals surface area contributed by atoms with Gasteiger partial charge in [0.05, 0.1) is 6.54 Å². The zero-order chi connectivity index (χ0) is 8.10. The van der Waals surface area contributed by atoms with Crippen LogP contribution in [0.1, 0.15) is 11.3 Å². The van der Waals surface area contributed by atoms with Gasteiger partial charge < -0.3 is 0 Å².